The van der Waals surface area contributed by atoms with E-state index in [9.17, 15) is 5.11 Å². The van der Waals surface area contributed by atoms with E-state index in [1.807, 2.05) is 12.1 Å². The van der Waals surface area contributed by atoms with Gasteiger partial charge in [-0.3, -0.25) is 0 Å². The molecule has 1 fully saturated rings. The molecule has 0 saturated carbocycles. The van der Waals surface area contributed by atoms with Crippen molar-refractivity contribution in [2.75, 3.05) is 38.3 Å². The quantitative estimate of drug-likeness (QED) is 0.780. The maximum atomic E-state index is 9.55. The standard InChI is InChI=1S/C14H21ClN2O2/c1-19-7-5-16-9-11-2-3-12(8-14(11)15)17-6-4-13(18)10-17/h2-3,8,13,16,18H,4-7,9-10H2,1H3. The van der Waals surface area contributed by atoms with Gasteiger partial charge >= 0.3 is 0 Å². The van der Waals surface area contributed by atoms with Crippen molar-refractivity contribution in [3.63, 3.8) is 0 Å². The van der Waals surface area contributed by atoms with Gasteiger partial charge in [0, 0.05) is 44.0 Å². The van der Waals surface area contributed by atoms with E-state index in [1.54, 1.807) is 7.11 Å². The lowest BCUT2D eigenvalue weighted by molar-refractivity contribution is 0.198. The Hall–Kier alpha value is -0.810. The molecule has 19 heavy (non-hydrogen) atoms. The van der Waals surface area contributed by atoms with Crippen LogP contribution >= 0.6 is 11.6 Å². The normalized spacial score (nSPS) is 19.1. The molecule has 0 radical (unpaired) electrons. The summed E-state index contributed by atoms with van der Waals surface area (Å²) in [5, 5.41) is 13.6. The van der Waals surface area contributed by atoms with E-state index in [4.69, 9.17) is 16.3 Å². The predicted molar refractivity (Wildman–Crippen MR) is 77.9 cm³/mol. The fourth-order valence-electron chi connectivity index (χ4n) is 2.25. The summed E-state index contributed by atoms with van der Waals surface area (Å²) in [5.74, 6) is 0. The molecule has 5 heteroatoms. The highest BCUT2D eigenvalue weighted by Gasteiger charge is 2.20. The van der Waals surface area contributed by atoms with E-state index in [0.717, 1.165) is 42.3 Å². The Morgan fingerprint density at radius 2 is 2.37 bits per heavy atom. The van der Waals surface area contributed by atoms with Crippen molar-refractivity contribution in [3.05, 3.63) is 28.8 Å². The SMILES string of the molecule is COCCNCc1ccc(N2CCC(O)C2)cc1Cl. The molecule has 1 unspecified atom stereocenters. The number of hydrogen-bond acceptors (Lipinski definition) is 4. The minimum absolute atomic E-state index is 0.214. The number of methoxy groups -OCH3 is 1. The number of ether oxygens (including phenoxy) is 1. The largest absolute Gasteiger partial charge is 0.391 e. The highest BCUT2D eigenvalue weighted by atomic mass is 35.5. The van der Waals surface area contributed by atoms with Gasteiger partial charge < -0.3 is 20.1 Å². The number of nitrogens with zero attached hydrogens (tertiary/aromatic N) is 1. The summed E-state index contributed by atoms with van der Waals surface area (Å²) < 4.78 is 4.98. The molecule has 0 bridgehead atoms. The maximum Gasteiger partial charge on any atom is 0.0731 e. The van der Waals surface area contributed by atoms with Crippen LogP contribution in [0.1, 0.15) is 12.0 Å². The van der Waals surface area contributed by atoms with Crippen LogP contribution in [0.3, 0.4) is 0 Å². The second-order valence-electron chi connectivity index (χ2n) is 4.83. The number of benzene rings is 1. The van der Waals surface area contributed by atoms with E-state index in [2.05, 4.69) is 16.3 Å². The van der Waals surface area contributed by atoms with E-state index in [1.165, 1.54) is 0 Å². The van der Waals surface area contributed by atoms with Gasteiger partial charge in [-0.2, -0.15) is 0 Å². The summed E-state index contributed by atoms with van der Waals surface area (Å²) >= 11 is 6.30. The zero-order valence-corrected chi connectivity index (χ0v) is 12.0. The molecule has 4 nitrogen and oxygen atoms in total. The van der Waals surface area contributed by atoms with Crippen LogP contribution in [0.25, 0.3) is 0 Å². The third kappa shape index (κ3) is 4.08. The summed E-state index contributed by atoms with van der Waals surface area (Å²) in [4.78, 5) is 2.17. The predicted octanol–water partition coefficient (Wildman–Crippen LogP) is 1.65. The van der Waals surface area contributed by atoms with Crippen LogP contribution in [-0.4, -0.2) is 44.6 Å². The van der Waals surface area contributed by atoms with E-state index >= 15 is 0 Å². The fraction of sp³-hybridized carbons (Fsp3) is 0.571. The molecular formula is C14H21ClN2O2. The van der Waals surface area contributed by atoms with Crippen LogP contribution in [0.2, 0.25) is 5.02 Å². The van der Waals surface area contributed by atoms with Gasteiger partial charge in [0.1, 0.15) is 0 Å². The number of β-amino-alcohol motifs (C(OH)–C–C–N with tert-alkyl or cyclic N) is 1. The van der Waals surface area contributed by atoms with Crippen molar-refractivity contribution >= 4 is 17.3 Å². The third-order valence-corrected chi connectivity index (χ3v) is 3.72. The minimum atomic E-state index is -0.214. The first-order chi connectivity index (χ1) is 9.20. The van der Waals surface area contributed by atoms with Crippen molar-refractivity contribution in [2.24, 2.45) is 0 Å². The number of nitrogens with one attached hydrogen (secondary N) is 1. The topological polar surface area (TPSA) is 44.7 Å². The first kappa shape index (κ1) is 14.6. The second-order valence-corrected chi connectivity index (χ2v) is 5.24. The van der Waals surface area contributed by atoms with Gasteiger partial charge in [0.2, 0.25) is 0 Å². The molecule has 0 amide bonds. The molecule has 1 aliphatic heterocycles. The Morgan fingerprint density at radius 3 is 3.00 bits per heavy atom. The molecule has 106 valence electrons. The molecule has 1 aliphatic rings. The van der Waals surface area contributed by atoms with Gasteiger partial charge in [-0.1, -0.05) is 17.7 Å². The van der Waals surface area contributed by atoms with Crippen LogP contribution in [0.15, 0.2) is 18.2 Å². The summed E-state index contributed by atoms with van der Waals surface area (Å²) in [6, 6.07) is 6.09. The zero-order chi connectivity index (χ0) is 13.7. The van der Waals surface area contributed by atoms with Crippen LogP contribution in [0.4, 0.5) is 5.69 Å². The zero-order valence-electron chi connectivity index (χ0n) is 11.2. The van der Waals surface area contributed by atoms with E-state index in [0.29, 0.717) is 13.2 Å². The first-order valence-corrected chi connectivity index (χ1v) is 6.99. The van der Waals surface area contributed by atoms with Crippen molar-refractivity contribution < 1.29 is 9.84 Å². The average Bonchev–Trinajstić information content (AvgIpc) is 2.83. The molecule has 1 aromatic rings. The average molecular weight is 285 g/mol. The number of aliphatic hydroxyl groups excluding tert-OH is 1. The lowest BCUT2D eigenvalue weighted by Gasteiger charge is -2.19. The van der Waals surface area contributed by atoms with Crippen LogP contribution in [-0.2, 0) is 11.3 Å². The summed E-state index contributed by atoms with van der Waals surface area (Å²) in [5.41, 5.74) is 2.17. The fourth-order valence-corrected chi connectivity index (χ4v) is 2.49. The Balaban J connectivity index is 1.93. The Bertz CT molecular complexity index is 414. The van der Waals surface area contributed by atoms with Gasteiger partial charge in [0.05, 0.1) is 12.7 Å². The number of rotatable bonds is 6. The Morgan fingerprint density at radius 1 is 1.53 bits per heavy atom. The highest BCUT2D eigenvalue weighted by Crippen LogP contribution is 2.26. The number of aliphatic hydroxyl groups is 1. The van der Waals surface area contributed by atoms with Crippen molar-refractivity contribution in [3.8, 4) is 0 Å². The summed E-state index contributed by atoms with van der Waals surface area (Å²) in [7, 11) is 1.69. The molecule has 0 aliphatic carbocycles. The lowest BCUT2D eigenvalue weighted by atomic mass is 10.2. The van der Waals surface area contributed by atoms with Crippen molar-refractivity contribution in [2.45, 2.75) is 19.1 Å². The van der Waals surface area contributed by atoms with Crippen LogP contribution in [0.5, 0.6) is 0 Å². The lowest BCUT2D eigenvalue weighted by Crippen LogP contribution is -2.21. The number of hydrogen-bond donors (Lipinski definition) is 2. The molecule has 1 heterocycles. The second kappa shape index (κ2) is 7.10. The van der Waals surface area contributed by atoms with Crippen molar-refractivity contribution in [1.29, 1.82) is 0 Å². The molecular weight excluding hydrogens is 264 g/mol. The molecule has 2 rings (SSSR count). The maximum absolute atomic E-state index is 9.55. The molecule has 2 N–H and O–H groups in total. The van der Waals surface area contributed by atoms with E-state index in [-0.39, 0.29) is 6.10 Å². The number of anilines is 1. The Labute approximate surface area is 119 Å². The highest BCUT2D eigenvalue weighted by molar-refractivity contribution is 6.31. The minimum Gasteiger partial charge on any atom is -0.391 e. The van der Waals surface area contributed by atoms with Gasteiger partial charge in [-0.15, -0.1) is 0 Å². The third-order valence-electron chi connectivity index (χ3n) is 3.36. The van der Waals surface area contributed by atoms with Gasteiger partial charge in [0.15, 0.2) is 0 Å². The summed E-state index contributed by atoms with van der Waals surface area (Å²) in [6.45, 7) is 3.84. The molecule has 1 atom stereocenters. The van der Waals surface area contributed by atoms with Gasteiger partial charge in [0.25, 0.3) is 0 Å². The first-order valence-electron chi connectivity index (χ1n) is 6.62. The van der Waals surface area contributed by atoms with Crippen molar-refractivity contribution in [1.82, 2.24) is 5.32 Å². The summed E-state index contributed by atoms with van der Waals surface area (Å²) in [6.07, 6.45) is 0.618. The van der Waals surface area contributed by atoms with Gasteiger partial charge in [-0.25, -0.2) is 0 Å². The smallest absolute Gasteiger partial charge is 0.0731 e. The van der Waals surface area contributed by atoms with E-state index < -0.39 is 0 Å². The molecule has 1 aromatic carbocycles. The van der Waals surface area contributed by atoms with Crippen LogP contribution < -0.4 is 10.2 Å². The monoisotopic (exact) mass is 284 g/mol. The molecule has 0 aromatic heterocycles. The Kier molecular flexibility index (Phi) is 5.45. The van der Waals surface area contributed by atoms with Crippen LogP contribution in [0, 0.1) is 0 Å². The van der Waals surface area contributed by atoms with Gasteiger partial charge in [-0.05, 0) is 24.1 Å². The molecule has 0 spiro atoms. The number of halogens is 1. The molecule has 1 saturated heterocycles.